The summed E-state index contributed by atoms with van der Waals surface area (Å²) in [6.45, 7) is 0. The Morgan fingerprint density at radius 2 is 1.89 bits per heavy atom. The first-order valence-electron chi connectivity index (χ1n) is 5.20. The number of rotatable bonds is 3. The van der Waals surface area contributed by atoms with E-state index in [0.717, 1.165) is 5.56 Å². The maximum atomic E-state index is 11.7. The van der Waals surface area contributed by atoms with Gasteiger partial charge >= 0.3 is 0 Å². The Labute approximate surface area is 108 Å². The van der Waals surface area contributed by atoms with Gasteiger partial charge in [-0.15, -0.1) is 10.2 Å². The second kappa shape index (κ2) is 5.46. The summed E-state index contributed by atoms with van der Waals surface area (Å²) in [5.41, 5.74) is 0.798. The Morgan fingerprint density at radius 1 is 1.17 bits per heavy atom. The number of nitrogens with zero attached hydrogens (tertiary/aromatic N) is 2. The molecule has 6 heteroatoms. The average molecular weight is 264 g/mol. The molecule has 0 spiro atoms. The highest BCUT2D eigenvalue weighted by molar-refractivity contribution is 6.29. The number of halogens is 1. The van der Waals surface area contributed by atoms with Gasteiger partial charge in [0, 0.05) is 0 Å². The van der Waals surface area contributed by atoms with E-state index < -0.39 is 0 Å². The van der Waals surface area contributed by atoms with Gasteiger partial charge in [-0.25, -0.2) is 0 Å². The lowest BCUT2D eigenvalue weighted by atomic mass is 10.1. The van der Waals surface area contributed by atoms with Crippen LogP contribution in [0.2, 0.25) is 5.15 Å². The van der Waals surface area contributed by atoms with E-state index in [0.29, 0.717) is 5.82 Å². The molecular weight excluding hydrogens is 254 g/mol. The molecule has 0 aliphatic carbocycles. The molecule has 1 aromatic carbocycles. The summed E-state index contributed by atoms with van der Waals surface area (Å²) in [5.74, 6) is 0.309. The third kappa shape index (κ3) is 3.43. The van der Waals surface area contributed by atoms with Crippen LogP contribution in [0.15, 0.2) is 36.4 Å². The third-order valence-electron chi connectivity index (χ3n) is 2.20. The molecule has 0 saturated heterocycles. The standard InChI is InChI=1S/C12H10ClN3O2/c13-10-5-6-11(16-15-10)14-12(18)7-8-1-3-9(17)4-2-8/h1-6,17H,7H2,(H,14,16,18). The minimum Gasteiger partial charge on any atom is -0.508 e. The van der Waals surface area contributed by atoms with E-state index in [1.165, 1.54) is 12.1 Å². The van der Waals surface area contributed by atoms with Gasteiger partial charge in [-0.3, -0.25) is 4.79 Å². The number of phenolic OH excluding ortho intramolecular Hbond substituents is 1. The molecule has 92 valence electrons. The van der Waals surface area contributed by atoms with Gasteiger partial charge < -0.3 is 10.4 Å². The number of carbonyl (C=O) groups excluding carboxylic acids is 1. The molecule has 1 aromatic heterocycles. The fourth-order valence-corrected chi connectivity index (χ4v) is 1.47. The molecule has 0 aliphatic rings. The van der Waals surface area contributed by atoms with Crippen LogP contribution >= 0.6 is 11.6 Å². The molecule has 0 atom stereocenters. The second-order valence-electron chi connectivity index (χ2n) is 3.63. The Kier molecular flexibility index (Phi) is 3.74. The van der Waals surface area contributed by atoms with Crippen molar-refractivity contribution in [1.29, 1.82) is 0 Å². The first-order valence-corrected chi connectivity index (χ1v) is 5.58. The molecule has 2 rings (SSSR count). The molecule has 2 aromatic rings. The summed E-state index contributed by atoms with van der Waals surface area (Å²) in [6, 6.07) is 9.55. The van der Waals surface area contributed by atoms with E-state index >= 15 is 0 Å². The third-order valence-corrected chi connectivity index (χ3v) is 2.40. The number of anilines is 1. The number of nitrogens with one attached hydrogen (secondary N) is 1. The van der Waals surface area contributed by atoms with Crippen molar-refractivity contribution in [2.75, 3.05) is 5.32 Å². The van der Waals surface area contributed by atoms with E-state index in [2.05, 4.69) is 15.5 Å². The van der Waals surface area contributed by atoms with Gasteiger partial charge in [0.25, 0.3) is 0 Å². The lowest BCUT2D eigenvalue weighted by Crippen LogP contribution is -2.15. The number of hydrogen-bond donors (Lipinski definition) is 2. The van der Waals surface area contributed by atoms with Crippen molar-refractivity contribution in [2.45, 2.75) is 6.42 Å². The van der Waals surface area contributed by atoms with Gasteiger partial charge in [-0.1, -0.05) is 23.7 Å². The molecule has 1 amide bonds. The normalized spacial score (nSPS) is 10.1. The minimum absolute atomic E-state index is 0.169. The maximum Gasteiger partial charge on any atom is 0.229 e. The predicted octanol–water partition coefficient (Wildman–Crippen LogP) is 2.02. The summed E-state index contributed by atoms with van der Waals surface area (Å²) in [6.07, 6.45) is 0.199. The highest BCUT2D eigenvalue weighted by Gasteiger charge is 2.05. The molecule has 1 heterocycles. The summed E-state index contributed by atoms with van der Waals surface area (Å²) >= 11 is 5.58. The van der Waals surface area contributed by atoms with Crippen molar-refractivity contribution in [1.82, 2.24) is 10.2 Å². The van der Waals surface area contributed by atoms with Crippen molar-refractivity contribution in [2.24, 2.45) is 0 Å². The molecule has 0 bridgehead atoms. The SMILES string of the molecule is O=C(Cc1ccc(O)cc1)Nc1ccc(Cl)nn1. The number of phenols is 1. The van der Waals surface area contributed by atoms with Crippen LogP contribution < -0.4 is 5.32 Å². The molecule has 0 radical (unpaired) electrons. The lowest BCUT2D eigenvalue weighted by Gasteiger charge is -2.04. The quantitative estimate of drug-likeness (QED) is 0.888. The molecule has 0 saturated carbocycles. The number of benzene rings is 1. The predicted molar refractivity (Wildman–Crippen MR) is 67.5 cm³/mol. The largest absolute Gasteiger partial charge is 0.508 e. The molecule has 2 N–H and O–H groups in total. The van der Waals surface area contributed by atoms with Crippen molar-refractivity contribution in [3.05, 3.63) is 47.1 Å². The van der Waals surface area contributed by atoms with Gasteiger partial charge in [0.15, 0.2) is 11.0 Å². The number of amides is 1. The zero-order chi connectivity index (χ0) is 13.0. The Hall–Kier alpha value is -2.14. The van der Waals surface area contributed by atoms with E-state index in [-0.39, 0.29) is 23.2 Å². The monoisotopic (exact) mass is 263 g/mol. The lowest BCUT2D eigenvalue weighted by molar-refractivity contribution is -0.115. The maximum absolute atomic E-state index is 11.7. The first kappa shape index (κ1) is 12.3. The van der Waals surface area contributed by atoms with Crippen molar-refractivity contribution in [3.63, 3.8) is 0 Å². The highest BCUT2D eigenvalue weighted by Crippen LogP contribution is 2.11. The van der Waals surface area contributed by atoms with Crippen LogP contribution in [0.4, 0.5) is 5.82 Å². The van der Waals surface area contributed by atoms with Gasteiger partial charge in [-0.2, -0.15) is 0 Å². The van der Waals surface area contributed by atoms with Crippen LogP contribution in [0.3, 0.4) is 0 Å². The highest BCUT2D eigenvalue weighted by atomic mass is 35.5. The van der Waals surface area contributed by atoms with Crippen molar-refractivity contribution in [3.8, 4) is 5.75 Å². The second-order valence-corrected chi connectivity index (χ2v) is 4.02. The Balaban J connectivity index is 1.96. The Bertz CT molecular complexity index is 491. The number of aromatic nitrogens is 2. The average Bonchev–Trinajstić information content (AvgIpc) is 2.35. The van der Waals surface area contributed by atoms with Gasteiger partial charge in [0.1, 0.15) is 5.75 Å². The zero-order valence-electron chi connectivity index (χ0n) is 9.30. The van der Waals surface area contributed by atoms with Crippen LogP contribution in [0.25, 0.3) is 0 Å². The molecular formula is C12H10ClN3O2. The van der Waals surface area contributed by atoms with Gasteiger partial charge in [0.05, 0.1) is 6.42 Å². The topological polar surface area (TPSA) is 75.1 Å². The van der Waals surface area contributed by atoms with Crippen molar-refractivity contribution < 1.29 is 9.90 Å². The summed E-state index contributed by atoms with van der Waals surface area (Å²) in [7, 11) is 0. The van der Waals surface area contributed by atoms with Crippen LogP contribution in [0.5, 0.6) is 5.75 Å². The fourth-order valence-electron chi connectivity index (χ4n) is 1.37. The summed E-state index contributed by atoms with van der Waals surface area (Å²) < 4.78 is 0. The van der Waals surface area contributed by atoms with Gasteiger partial charge in [-0.05, 0) is 29.8 Å². The molecule has 0 unspecified atom stereocenters. The molecule has 0 aliphatic heterocycles. The van der Waals surface area contributed by atoms with E-state index in [4.69, 9.17) is 16.7 Å². The molecule has 18 heavy (non-hydrogen) atoms. The smallest absolute Gasteiger partial charge is 0.229 e. The van der Waals surface area contributed by atoms with E-state index in [1.54, 1.807) is 24.3 Å². The van der Waals surface area contributed by atoms with E-state index in [1.807, 2.05) is 0 Å². The van der Waals surface area contributed by atoms with Crippen LogP contribution in [0, 0.1) is 0 Å². The minimum atomic E-state index is -0.211. The number of carbonyl (C=O) groups is 1. The number of hydrogen-bond acceptors (Lipinski definition) is 4. The van der Waals surface area contributed by atoms with Gasteiger partial charge in [0.2, 0.25) is 5.91 Å². The molecule has 0 fully saturated rings. The van der Waals surface area contributed by atoms with Crippen LogP contribution in [0.1, 0.15) is 5.56 Å². The Morgan fingerprint density at radius 3 is 2.50 bits per heavy atom. The summed E-state index contributed by atoms with van der Waals surface area (Å²) in [4.78, 5) is 11.7. The van der Waals surface area contributed by atoms with Crippen LogP contribution in [-0.4, -0.2) is 21.2 Å². The summed E-state index contributed by atoms with van der Waals surface area (Å²) in [5, 5.41) is 19.3. The first-order chi connectivity index (χ1) is 8.63. The van der Waals surface area contributed by atoms with Crippen molar-refractivity contribution >= 4 is 23.3 Å². The fraction of sp³-hybridized carbons (Fsp3) is 0.0833. The zero-order valence-corrected chi connectivity index (χ0v) is 10.1. The van der Waals surface area contributed by atoms with Crippen LogP contribution in [-0.2, 0) is 11.2 Å². The number of aromatic hydroxyl groups is 1. The van der Waals surface area contributed by atoms with E-state index in [9.17, 15) is 4.79 Å². The molecule has 5 nitrogen and oxygen atoms in total.